The molecule has 4 aromatic carbocycles. The molecule has 0 bridgehead atoms. The van der Waals surface area contributed by atoms with Crippen LogP contribution in [0.3, 0.4) is 0 Å². The molecule has 1 heterocycles. The summed E-state index contributed by atoms with van der Waals surface area (Å²) in [6, 6.07) is 41.1. The monoisotopic (exact) mass is 752 g/mol. The van der Waals surface area contributed by atoms with E-state index in [0.717, 1.165) is 6.04 Å². The lowest BCUT2D eigenvalue weighted by atomic mass is 9.95. The van der Waals surface area contributed by atoms with Gasteiger partial charge in [0, 0.05) is 0 Å². The van der Waals surface area contributed by atoms with Gasteiger partial charge in [-0.1, -0.05) is 155 Å². The van der Waals surface area contributed by atoms with Crippen LogP contribution in [0.1, 0.15) is 85.6 Å². The van der Waals surface area contributed by atoms with E-state index in [1.807, 2.05) is 0 Å². The van der Waals surface area contributed by atoms with Crippen molar-refractivity contribution >= 4 is 43.6 Å². The minimum atomic E-state index is -2.38. The topological polar surface area (TPSA) is 42.5 Å². The Morgan fingerprint density at radius 3 is 1.45 bits per heavy atom. The molecule has 0 aromatic heterocycles. The molecule has 1 aliphatic rings. The van der Waals surface area contributed by atoms with Crippen LogP contribution < -0.4 is 21.0 Å². The summed E-state index contributed by atoms with van der Waals surface area (Å²) in [7, 11) is -8.24. The third-order valence-electron chi connectivity index (χ3n) is 10.7. The van der Waals surface area contributed by atoms with Gasteiger partial charge in [-0.15, -0.1) is 0 Å². The quantitative estimate of drug-likeness (QED) is 0.126. The summed E-state index contributed by atoms with van der Waals surface area (Å²) in [5.41, 5.74) is 6.74. The molecule has 5 rings (SSSR count). The summed E-state index contributed by atoms with van der Waals surface area (Å²) in [4.78, 5) is 0. The van der Waals surface area contributed by atoms with Crippen molar-refractivity contribution in [1.29, 1.82) is 0 Å². The van der Waals surface area contributed by atoms with Crippen LogP contribution in [0.25, 0.3) is 0 Å². The van der Waals surface area contributed by atoms with Gasteiger partial charge in [0.15, 0.2) is 8.32 Å². The Hall–Kier alpha value is -2.41. The Morgan fingerprint density at radius 1 is 0.529 bits per heavy atom. The predicted octanol–water partition coefficient (Wildman–Crippen LogP) is 10.6. The second kappa shape index (κ2) is 15.9. The van der Waals surface area contributed by atoms with Gasteiger partial charge in [0.25, 0.3) is 0 Å². The van der Waals surface area contributed by atoms with Crippen LogP contribution in [-0.4, -0.2) is 33.3 Å². The van der Waals surface area contributed by atoms with Crippen LogP contribution in [0.4, 0.5) is 0 Å². The van der Waals surface area contributed by atoms with Crippen molar-refractivity contribution < 1.29 is 8.23 Å². The lowest BCUT2D eigenvalue weighted by Crippen LogP contribution is -2.57. The fraction of sp³-hybridized carbons (Fsp3) is 0.442. The van der Waals surface area contributed by atoms with Gasteiger partial charge in [0.2, 0.25) is 8.32 Å². The molecule has 0 aliphatic carbocycles. The Labute approximate surface area is 314 Å². The highest BCUT2D eigenvalue weighted by Gasteiger charge is 2.42. The molecule has 51 heavy (non-hydrogen) atoms. The molecule has 1 saturated heterocycles. The van der Waals surface area contributed by atoms with Gasteiger partial charge in [0.05, 0.1) is 26.3 Å². The Balaban J connectivity index is 1.23. The first-order valence-electron chi connectivity index (χ1n) is 19.1. The van der Waals surface area contributed by atoms with Gasteiger partial charge in [-0.05, 0) is 90.2 Å². The zero-order valence-corrected chi connectivity index (χ0v) is 37.4. The molecule has 2 unspecified atom stereocenters. The molecule has 2 atom stereocenters. The Kier molecular flexibility index (Phi) is 12.4. The first-order valence-corrected chi connectivity index (χ1v) is 31.2. The molecule has 0 spiro atoms. The van der Waals surface area contributed by atoms with Crippen LogP contribution in [0.2, 0.25) is 64.5 Å². The summed E-state index contributed by atoms with van der Waals surface area (Å²) < 4.78 is 14.3. The maximum absolute atomic E-state index is 7.16. The third-order valence-corrected chi connectivity index (χ3v) is 26.0. The first kappa shape index (κ1) is 39.8. The third kappa shape index (κ3) is 10.2. The molecule has 1 aliphatic heterocycles. The second-order valence-corrected chi connectivity index (χ2v) is 34.5. The highest BCUT2D eigenvalue weighted by atomic mass is 28.5. The first-order chi connectivity index (χ1) is 23.9. The molecule has 0 amide bonds. The number of rotatable bonds is 14. The van der Waals surface area contributed by atoms with Gasteiger partial charge >= 0.3 is 8.56 Å². The van der Waals surface area contributed by atoms with E-state index in [-0.39, 0.29) is 18.2 Å². The van der Waals surface area contributed by atoms with E-state index in [2.05, 4.69) is 194 Å². The molecule has 4 nitrogen and oxygen atoms in total. The number of hydrogen-bond donors (Lipinski definition) is 2. The largest absolute Gasteiger partial charge is 0.437 e. The van der Waals surface area contributed by atoms with Crippen LogP contribution >= 0.6 is 0 Å². The molecule has 2 N–H and O–H groups in total. The van der Waals surface area contributed by atoms with Gasteiger partial charge in [-0.2, -0.15) is 0 Å². The molecular formula is C43H64N2O2Si4. The van der Waals surface area contributed by atoms with Crippen molar-refractivity contribution in [3.05, 3.63) is 131 Å². The molecule has 274 valence electrons. The summed E-state index contributed by atoms with van der Waals surface area (Å²) in [5, 5.41) is 10.8. The molecule has 0 saturated carbocycles. The van der Waals surface area contributed by atoms with Crippen LogP contribution in [0, 0.1) is 0 Å². The van der Waals surface area contributed by atoms with Crippen molar-refractivity contribution in [3.8, 4) is 0 Å². The summed E-state index contributed by atoms with van der Waals surface area (Å²) in [5.74, 6) is 0.998. The second-order valence-electron chi connectivity index (χ2n) is 17.6. The van der Waals surface area contributed by atoms with E-state index < -0.39 is 33.3 Å². The molecule has 1 fully saturated rings. The van der Waals surface area contributed by atoms with Gasteiger partial charge in [-0.3, -0.25) is 10.6 Å². The van der Waals surface area contributed by atoms with Crippen molar-refractivity contribution in [2.45, 2.75) is 122 Å². The lowest BCUT2D eigenvalue weighted by Gasteiger charge is -2.40. The Bertz CT molecular complexity index is 1650. The smallest absolute Gasteiger partial charge is 0.311 e. The maximum Gasteiger partial charge on any atom is 0.311 e. The molecule has 8 heteroatoms. The predicted molar refractivity (Wildman–Crippen MR) is 229 cm³/mol. The van der Waals surface area contributed by atoms with Gasteiger partial charge in [-0.25, -0.2) is 0 Å². The molecule has 0 radical (unpaired) electrons. The maximum atomic E-state index is 7.16. The van der Waals surface area contributed by atoms with E-state index in [1.54, 1.807) is 0 Å². The SMILES string of the molecule is CC(C)c1cc(C(C)C)cc([Si](C)(C)O[Si](C)(C)O[Si](C)(C)CC[Si](C)(C)c2ccc(C3NC(c4ccccc4)C(c4ccccc4)N3)cc2)c1. The van der Waals surface area contributed by atoms with E-state index >= 15 is 0 Å². The fourth-order valence-corrected chi connectivity index (χ4v) is 26.6. The average molecular weight is 753 g/mol. The summed E-state index contributed by atoms with van der Waals surface area (Å²) >= 11 is 0. The van der Waals surface area contributed by atoms with E-state index in [4.69, 9.17) is 8.23 Å². The van der Waals surface area contributed by atoms with Gasteiger partial charge in [0.1, 0.15) is 0 Å². The van der Waals surface area contributed by atoms with E-state index in [1.165, 1.54) is 44.2 Å². The van der Waals surface area contributed by atoms with Crippen molar-refractivity contribution in [2.24, 2.45) is 0 Å². The molecule has 4 aromatic rings. The fourth-order valence-electron chi connectivity index (χ4n) is 7.68. The summed E-state index contributed by atoms with van der Waals surface area (Å²) in [6.45, 7) is 28.3. The minimum absolute atomic E-state index is 0.0868. The lowest BCUT2D eigenvalue weighted by molar-refractivity contribution is 0.395. The highest BCUT2D eigenvalue weighted by Crippen LogP contribution is 2.38. The standard InChI is InChI=1S/C43H64N2O2Si4/c1-32(2)37-29-38(33(3)4)31-40(30-37)50(9,10)47-51(11,12)46-49(7,8)28-27-48(5,6)39-25-23-36(24-26-39)43-44-41(34-19-15-13-16-20-34)42(45-43)35-21-17-14-18-22-35/h13-26,29-33,41-45H,27-28H2,1-12H3. The average Bonchev–Trinajstić information content (AvgIpc) is 3.53. The highest BCUT2D eigenvalue weighted by molar-refractivity contribution is 6.94. The van der Waals surface area contributed by atoms with E-state index in [0.29, 0.717) is 11.8 Å². The molecular weight excluding hydrogens is 689 g/mol. The van der Waals surface area contributed by atoms with Crippen LogP contribution in [0.15, 0.2) is 103 Å². The minimum Gasteiger partial charge on any atom is -0.437 e. The van der Waals surface area contributed by atoms with Crippen molar-refractivity contribution in [3.63, 3.8) is 0 Å². The van der Waals surface area contributed by atoms with E-state index in [9.17, 15) is 0 Å². The van der Waals surface area contributed by atoms with Crippen molar-refractivity contribution in [1.82, 2.24) is 10.6 Å². The number of nitrogens with one attached hydrogen (secondary N) is 2. The van der Waals surface area contributed by atoms with Crippen LogP contribution in [0.5, 0.6) is 0 Å². The van der Waals surface area contributed by atoms with Crippen LogP contribution in [-0.2, 0) is 8.23 Å². The Morgan fingerprint density at radius 2 is 1.00 bits per heavy atom. The normalized spacial score (nSPS) is 18.9. The zero-order chi connectivity index (χ0) is 37.2. The van der Waals surface area contributed by atoms with Gasteiger partial charge < -0.3 is 8.23 Å². The number of hydrogen-bond acceptors (Lipinski definition) is 4. The van der Waals surface area contributed by atoms with Crippen molar-refractivity contribution in [2.75, 3.05) is 0 Å². The zero-order valence-electron chi connectivity index (χ0n) is 33.4. The number of benzene rings is 4. The summed E-state index contributed by atoms with van der Waals surface area (Å²) in [6.07, 6.45) is 0.0868.